The van der Waals surface area contributed by atoms with Crippen molar-refractivity contribution in [1.82, 2.24) is 9.88 Å². The lowest BCUT2D eigenvalue weighted by Crippen LogP contribution is -2.37. The Kier molecular flexibility index (Phi) is 4.29. The molecule has 1 aliphatic rings. The SMILES string of the molecule is CC(C)CNc1ncc(C2CCCN(C(=O)O)C2)o1. The first-order chi connectivity index (χ1) is 9.06. The second kappa shape index (κ2) is 5.95. The predicted molar refractivity (Wildman–Crippen MR) is 71.4 cm³/mol. The third-order valence-corrected chi connectivity index (χ3v) is 3.28. The van der Waals surface area contributed by atoms with Crippen molar-refractivity contribution in [3.8, 4) is 0 Å². The van der Waals surface area contributed by atoms with E-state index in [4.69, 9.17) is 9.52 Å². The number of likely N-dealkylation sites (tertiary alicyclic amines) is 1. The Bertz CT molecular complexity index is 431. The van der Waals surface area contributed by atoms with Gasteiger partial charge in [0.1, 0.15) is 5.76 Å². The summed E-state index contributed by atoms with van der Waals surface area (Å²) in [7, 11) is 0. The highest BCUT2D eigenvalue weighted by atomic mass is 16.4. The number of hydrogen-bond acceptors (Lipinski definition) is 4. The molecule has 0 spiro atoms. The number of anilines is 1. The fourth-order valence-corrected chi connectivity index (χ4v) is 2.23. The summed E-state index contributed by atoms with van der Waals surface area (Å²) >= 11 is 0. The number of rotatable bonds is 4. The zero-order chi connectivity index (χ0) is 13.8. The van der Waals surface area contributed by atoms with Gasteiger partial charge in [-0.15, -0.1) is 0 Å². The van der Waals surface area contributed by atoms with E-state index < -0.39 is 6.09 Å². The molecular weight excluding hydrogens is 246 g/mol. The van der Waals surface area contributed by atoms with Crippen LogP contribution in [0.3, 0.4) is 0 Å². The van der Waals surface area contributed by atoms with E-state index in [0.29, 0.717) is 25.0 Å². The van der Waals surface area contributed by atoms with Gasteiger partial charge in [0, 0.05) is 25.6 Å². The van der Waals surface area contributed by atoms with Gasteiger partial charge in [0.05, 0.1) is 6.20 Å². The number of nitrogens with one attached hydrogen (secondary N) is 1. The zero-order valence-electron chi connectivity index (χ0n) is 11.4. The van der Waals surface area contributed by atoms with Gasteiger partial charge in [-0.1, -0.05) is 13.8 Å². The monoisotopic (exact) mass is 267 g/mol. The van der Waals surface area contributed by atoms with E-state index in [1.54, 1.807) is 6.20 Å². The van der Waals surface area contributed by atoms with Gasteiger partial charge in [-0.3, -0.25) is 0 Å². The van der Waals surface area contributed by atoms with Crippen LogP contribution in [0.4, 0.5) is 10.8 Å². The number of piperidine rings is 1. The van der Waals surface area contributed by atoms with Gasteiger partial charge in [0.25, 0.3) is 6.01 Å². The number of carbonyl (C=O) groups is 1. The maximum Gasteiger partial charge on any atom is 0.407 e. The van der Waals surface area contributed by atoms with Crippen LogP contribution in [0, 0.1) is 5.92 Å². The highest BCUT2D eigenvalue weighted by Gasteiger charge is 2.26. The first kappa shape index (κ1) is 13.7. The second-order valence-corrected chi connectivity index (χ2v) is 5.41. The van der Waals surface area contributed by atoms with Crippen molar-refractivity contribution >= 4 is 12.1 Å². The maximum atomic E-state index is 11.0. The van der Waals surface area contributed by atoms with E-state index in [0.717, 1.165) is 25.1 Å². The van der Waals surface area contributed by atoms with Crippen LogP contribution in [-0.4, -0.2) is 40.7 Å². The summed E-state index contributed by atoms with van der Waals surface area (Å²) in [5.74, 6) is 1.41. The summed E-state index contributed by atoms with van der Waals surface area (Å²) in [5.41, 5.74) is 0. The smallest absolute Gasteiger partial charge is 0.407 e. The van der Waals surface area contributed by atoms with Crippen LogP contribution in [-0.2, 0) is 0 Å². The molecule has 2 N–H and O–H groups in total. The average Bonchev–Trinajstić information content (AvgIpc) is 2.85. The Labute approximate surface area is 112 Å². The summed E-state index contributed by atoms with van der Waals surface area (Å²) in [4.78, 5) is 16.6. The van der Waals surface area contributed by atoms with Gasteiger partial charge in [0.2, 0.25) is 0 Å². The van der Waals surface area contributed by atoms with Crippen molar-refractivity contribution in [1.29, 1.82) is 0 Å². The Morgan fingerprint density at radius 1 is 1.68 bits per heavy atom. The fourth-order valence-electron chi connectivity index (χ4n) is 2.23. The topological polar surface area (TPSA) is 78.6 Å². The van der Waals surface area contributed by atoms with E-state index in [1.165, 1.54) is 4.90 Å². The van der Waals surface area contributed by atoms with E-state index in [-0.39, 0.29) is 5.92 Å². The minimum Gasteiger partial charge on any atom is -0.465 e. The first-order valence-electron chi connectivity index (χ1n) is 6.73. The van der Waals surface area contributed by atoms with Crippen LogP contribution >= 0.6 is 0 Å². The Morgan fingerprint density at radius 3 is 3.16 bits per heavy atom. The zero-order valence-corrected chi connectivity index (χ0v) is 11.4. The van der Waals surface area contributed by atoms with E-state index in [1.807, 2.05) is 0 Å². The summed E-state index contributed by atoms with van der Waals surface area (Å²) in [6.45, 7) is 6.14. The van der Waals surface area contributed by atoms with Gasteiger partial charge >= 0.3 is 6.09 Å². The molecule has 19 heavy (non-hydrogen) atoms. The molecule has 0 aliphatic carbocycles. The summed E-state index contributed by atoms with van der Waals surface area (Å²) in [5, 5.41) is 12.2. The molecule has 2 rings (SSSR count). The molecule has 1 saturated heterocycles. The highest BCUT2D eigenvalue weighted by molar-refractivity contribution is 5.65. The Hall–Kier alpha value is -1.72. The molecule has 6 heteroatoms. The Balaban J connectivity index is 1.96. The molecule has 1 unspecified atom stereocenters. The molecule has 1 aliphatic heterocycles. The van der Waals surface area contributed by atoms with Crippen molar-refractivity contribution < 1.29 is 14.3 Å². The molecule has 1 aromatic rings. The standard InChI is InChI=1S/C13H21N3O3/c1-9(2)6-14-12-15-7-11(19-12)10-4-3-5-16(8-10)13(17)18/h7,9-10H,3-6,8H2,1-2H3,(H,14,15)(H,17,18). The lowest BCUT2D eigenvalue weighted by atomic mass is 9.96. The van der Waals surface area contributed by atoms with Gasteiger partial charge in [-0.2, -0.15) is 0 Å². The highest BCUT2D eigenvalue weighted by Crippen LogP contribution is 2.28. The number of amides is 1. The molecule has 0 bridgehead atoms. The minimum absolute atomic E-state index is 0.118. The molecule has 0 radical (unpaired) electrons. The molecule has 1 aromatic heterocycles. The number of hydrogen-bond donors (Lipinski definition) is 2. The lowest BCUT2D eigenvalue weighted by molar-refractivity contribution is 0.128. The van der Waals surface area contributed by atoms with E-state index >= 15 is 0 Å². The van der Waals surface area contributed by atoms with Crippen LogP contribution in [0.2, 0.25) is 0 Å². The third-order valence-electron chi connectivity index (χ3n) is 3.28. The second-order valence-electron chi connectivity index (χ2n) is 5.41. The normalized spacial score (nSPS) is 19.7. The minimum atomic E-state index is -0.859. The quantitative estimate of drug-likeness (QED) is 0.876. The molecule has 2 heterocycles. The van der Waals surface area contributed by atoms with Crippen LogP contribution < -0.4 is 5.32 Å². The van der Waals surface area contributed by atoms with Gasteiger partial charge in [-0.25, -0.2) is 9.78 Å². The van der Waals surface area contributed by atoms with Crippen LogP contribution in [0.15, 0.2) is 10.6 Å². The average molecular weight is 267 g/mol. The van der Waals surface area contributed by atoms with Crippen molar-refractivity contribution in [3.63, 3.8) is 0 Å². The van der Waals surface area contributed by atoms with Crippen molar-refractivity contribution in [2.75, 3.05) is 25.0 Å². The fraction of sp³-hybridized carbons (Fsp3) is 0.692. The maximum absolute atomic E-state index is 11.0. The summed E-state index contributed by atoms with van der Waals surface area (Å²) < 4.78 is 5.66. The lowest BCUT2D eigenvalue weighted by Gasteiger charge is -2.29. The number of oxazole rings is 1. The van der Waals surface area contributed by atoms with Crippen molar-refractivity contribution in [2.24, 2.45) is 5.92 Å². The molecule has 6 nitrogen and oxygen atoms in total. The number of nitrogens with zero attached hydrogens (tertiary/aromatic N) is 2. The van der Waals surface area contributed by atoms with Gasteiger partial charge < -0.3 is 19.7 Å². The molecule has 0 aromatic carbocycles. The summed E-state index contributed by atoms with van der Waals surface area (Å²) in [6.07, 6.45) is 2.66. The molecule has 1 atom stereocenters. The largest absolute Gasteiger partial charge is 0.465 e. The summed E-state index contributed by atoms with van der Waals surface area (Å²) in [6, 6.07) is 0.524. The molecule has 0 saturated carbocycles. The third kappa shape index (κ3) is 3.62. The van der Waals surface area contributed by atoms with Crippen LogP contribution in [0.25, 0.3) is 0 Å². The van der Waals surface area contributed by atoms with Crippen LogP contribution in [0.1, 0.15) is 38.4 Å². The number of aromatic nitrogens is 1. The molecule has 1 fully saturated rings. The molecule has 106 valence electrons. The molecular formula is C13H21N3O3. The van der Waals surface area contributed by atoms with Crippen molar-refractivity contribution in [2.45, 2.75) is 32.6 Å². The molecule has 1 amide bonds. The Morgan fingerprint density at radius 2 is 2.47 bits per heavy atom. The van der Waals surface area contributed by atoms with E-state index in [2.05, 4.69) is 24.1 Å². The van der Waals surface area contributed by atoms with Crippen molar-refractivity contribution in [3.05, 3.63) is 12.0 Å². The number of carboxylic acid groups (broad SMARTS) is 1. The predicted octanol–water partition coefficient (Wildman–Crippen LogP) is 2.60. The van der Waals surface area contributed by atoms with Crippen LogP contribution in [0.5, 0.6) is 0 Å². The van der Waals surface area contributed by atoms with Gasteiger partial charge in [-0.05, 0) is 18.8 Å². The first-order valence-corrected chi connectivity index (χ1v) is 6.73. The van der Waals surface area contributed by atoms with E-state index in [9.17, 15) is 4.79 Å². The van der Waals surface area contributed by atoms with Gasteiger partial charge in [0.15, 0.2) is 0 Å².